The van der Waals surface area contributed by atoms with E-state index in [4.69, 9.17) is 15.3 Å². The summed E-state index contributed by atoms with van der Waals surface area (Å²) in [7, 11) is 0. The van der Waals surface area contributed by atoms with Gasteiger partial charge in [0.05, 0.1) is 6.42 Å². The zero-order valence-corrected chi connectivity index (χ0v) is 12.1. The lowest BCUT2D eigenvalue weighted by molar-refractivity contribution is -0.174. The quantitative estimate of drug-likeness (QED) is 0.353. The van der Waals surface area contributed by atoms with Gasteiger partial charge in [-0.2, -0.15) is 0 Å². The summed E-state index contributed by atoms with van der Waals surface area (Å²) in [5, 5.41) is 38.4. The van der Waals surface area contributed by atoms with Crippen LogP contribution in [0.1, 0.15) is 16.8 Å². The number of carboxylic acids is 3. The molecular weight excluding hydrogens is 330 g/mol. The second-order valence-electron chi connectivity index (χ2n) is 4.41. The van der Waals surface area contributed by atoms with E-state index in [0.29, 0.717) is 0 Å². The van der Waals surface area contributed by atoms with Crippen molar-refractivity contribution in [2.24, 2.45) is 0 Å². The zero-order valence-electron chi connectivity index (χ0n) is 12.1. The van der Waals surface area contributed by atoms with Crippen LogP contribution in [0.3, 0.4) is 0 Å². The lowest BCUT2D eigenvalue weighted by Crippen LogP contribution is -2.62. The third kappa shape index (κ3) is 5.31. The Labute approximate surface area is 134 Å². The summed E-state index contributed by atoms with van der Waals surface area (Å²) in [6, 6.07) is 4.92. The maximum Gasteiger partial charge on any atom is 0.339 e. The van der Waals surface area contributed by atoms with Crippen LogP contribution in [-0.4, -0.2) is 66.8 Å². The van der Waals surface area contributed by atoms with Crippen LogP contribution in [0.2, 0.25) is 0 Å². The molecule has 1 amide bonds. The highest BCUT2D eigenvalue weighted by atomic mass is 16.4. The highest BCUT2D eigenvalue weighted by Crippen LogP contribution is 2.18. The summed E-state index contributed by atoms with van der Waals surface area (Å²) in [6.07, 6.45) is -1.39. The van der Waals surface area contributed by atoms with Crippen molar-refractivity contribution in [3.63, 3.8) is 0 Å². The molecule has 2 unspecified atom stereocenters. The Bertz CT molecular complexity index is 602. The number of benzene rings is 1. The minimum atomic E-state index is -3.19. The standard InChI is InChI=1S/C13H13NO8.2H2O/c15-8(16)6-13(22,12(20)21)9(11(18)19)14-10(17)7-4-2-1-3-5-7;;/h1-5,9,22H,6H2,(H,14,17)(H,15,16)(H,18,19)(H,20,21);2*1H2. The molecule has 1 aromatic carbocycles. The molecule has 0 aromatic heterocycles. The molecule has 0 aliphatic carbocycles. The van der Waals surface area contributed by atoms with Gasteiger partial charge in [0.1, 0.15) is 0 Å². The second-order valence-corrected chi connectivity index (χ2v) is 4.41. The van der Waals surface area contributed by atoms with Crippen LogP contribution in [0.5, 0.6) is 0 Å². The molecular formula is C13H17NO10. The molecule has 0 heterocycles. The summed E-state index contributed by atoms with van der Waals surface area (Å²) in [5.74, 6) is -6.64. The molecule has 0 bridgehead atoms. The van der Waals surface area contributed by atoms with Crippen LogP contribution < -0.4 is 5.32 Å². The molecule has 1 aromatic rings. The van der Waals surface area contributed by atoms with Crippen LogP contribution >= 0.6 is 0 Å². The summed E-state index contributed by atoms with van der Waals surface area (Å²) < 4.78 is 0. The number of aliphatic carboxylic acids is 3. The number of carboxylic acid groups (broad SMARTS) is 3. The highest BCUT2D eigenvalue weighted by molar-refractivity contribution is 5.99. The largest absolute Gasteiger partial charge is 0.481 e. The van der Waals surface area contributed by atoms with Gasteiger partial charge in [0.15, 0.2) is 6.04 Å². The van der Waals surface area contributed by atoms with E-state index in [1.54, 1.807) is 6.07 Å². The second kappa shape index (κ2) is 9.19. The predicted octanol–water partition coefficient (Wildman–Crippen LogP) is -2.49. The third-order valence-corrected chi connectivity index (χ3v) is 2.83. The van der Waals surface area contributed by atoms with E-state index in [0.717, 1.165) is 0 Å². The van der Waals surface area contributed by atoms with Crippen LogP contribution in [0.25, 0.3) is 0 Å². The Morgan fingerprint density at radius 2 is 1.50 bits per heavy atom. The summed E-state index contributed by atoms with van der Waals surface area (Å²) in [5.41, 5.74) is -3.17. The number of rotatable bonds is 7. The van der Waals surface area contributed by atoms with Crippen molar-refractivity contribution in [2.45, 2.75) is 18.1 Å². The smallest absolute Gasteiger partial charge is 0.339 e. The van der Waals surface area contributed by atoms with Gasteiger partial charge in [-0.3, -0.25) is 9.59 Å². The SMILES string of the molecule is O.O.O=C(O)CC(O)(C(=O)O)C(NC(=O)c1ccccc1)C(=O)O. The molecule has 0 fully saturated rings. The van der Waals surface area contributed by atoms with Gasteiger partial charge in [-0.25, -0.2) is 9.59 Å². The average Bonchev–Trinajstić information content (AvgIpc) is 2.43. The van der Waals surface area contributed by atoms with Crippen LogP contribution in [0.4, 0.5) is 0 Å². The molecule has 24 heavy (non-hydrogen) atoms. The van der Waals surface area contributed by atoms with Gasteiger partial charge in [-0.15, -0.1) is 0 Å². The summed E-state index contributed by atoms with van der Waals surface area (Å²) in [6.45, 7) is 0. The lowest BCUT2D eigenvalue weighted by atomic mass is 9.90. The Hall–Kier alpha value is -3.02. The monoisotopic (exact) mass is 347 g/mol. The van der Waals surface area contributed by atoms with Crippen molar-refractivity contribution in [3.8, 4) is 0 Å². The minimum absolute atomic E-state index is 0. The first-order valence-electron chi connectivity index (χ1n) is 5.94. The zero-order chi connectivity index (χ0) is 16.9. The fraction of sp³-hybridized carbons (Fsp3) is 0.231. The van der Waals surface area contributed by atoms with Gasteiger partial charge >= 0.3 is 17.9 Å². The van der Waals surface area contributed by atoms with E-state index < -0.39 is 41.9 Å². The number of carbonyl (C=O) groups is 4. The van der Waals surface area contributed by atoms with Gasteiger partial charge in [0.2, 0.25) is 5.60 Å². The van der Waals surface area contributed by atoms with Crippen molar-refractivity contribution in [1.29, 1.82) is 0 Å². The van der Waals surface area contributed by atoms with Gasteiger partial charge in [0, 0.05) is 5.56 Å². The molecule has 9 N–H and O–H groups in total. The van der Waals surface area contributed by atoms with Gasteiger partial charge < -0.3 is 36.7 Å². The van der Waals surface area contributed by atoms with Gasteiger partial charge in [0.25, 0.3) is 5.91 Å². The predicted molar refractivity (Wildman–Crippen MR) is 77.4 cm³/mol. The van der Waals surface area contributed by atoms with Crippen LogP contribution in [-0.2, 0) is 14.4 Å². The molecule has 2 atom stereocenters. The normalized spacial score (nSPS) is 13.2. The fourth-order valence-corrected chi connectivity index (χ4v) is 1.72. The summed E-state index contributed by atoms with van der Waals surface area (Å²) >= 11 is 0. The highest BCUT2D eigenvalue weighted by Gasteiger charge is 2.51. The maximum atomic E-state index is 11.9. The first-order valence-corrected chi connectivity index (χ1v) is 5.94. The van der Waals surface area contributed by atoms with Gasteiger partial charge in [-0.1, -0.05) is 18.2 Å². The molecule has 11 nitrogen and oxygen atoms in total. The Kier molecular flexibility index (Phi) is 8.91. The van der Waals surface area contributed by atoms with Crippen molar-refractivity contribution in [3.05, 3.63) is 35.9 Å². The third-order valence-electron chi connectivity index (χ3n) is 2.83. The van der Waals surface area contributed by atoms with E-state index in [1.165, 1.54) is 24.3 Å². The molecule has 11 heteroatoms. The Morgan fingerprint density at radius 1 is 1.00 bits per heavy atom. The van der Waals surface area contributed by atoms with E-state index in [9.17, 15) is 24.3 Å². The van der Waals surface area contributed by atoms with Gasteiger partial charge in [-0.05, 0) is 12.1 Å². The van der Waals surface area contributed by atoms with Crippen LogP contribution in [0.15, 0.2) is 30.3 Å². The van der Waals surface area contributed by atoms with Crippen LogP contribution in [0, 0.1) is 0 Å². The molecule has 0 aliphatic heterocycles. The first-order chi connectivity index (χ1) is 10.2. The topological polar surface area (TPSA) is 224 Å². The average molecular weight is 347 g/mol. The van der Waals surface area contributed by atoms with Crippen molar-refractivity contribution >= 4 is 23.8 Å². The number of aliphatic hydroxyl groups is 1. The van der Waals surface area contributed by atoms with E-state index in [1.807, 2.05) is 5.32 Å². The maximum absolute atomic E-state index is 11.9. The minimum Gasteiger partial charge on any atom is -0.481 e. The molecule has 134 valence electrons. The molecule has 0 spiro atoms. The molecule has 1 rings (SSSR count). The molecule has 0 saturated heterocycles. The number of amides is 1. The fourth-order valence-electron chi connectivity index (χ4n) is 1.72. The summed E-state index contributed by atoms with van der Waals surface area (Å²) in [4.78, 5) is 44.8. The Balaban J connectivity index is 0. The Morgan fingerprint density at radius 3 is 1.88 bits per heavy atom. The molecule has 0 aliphatic rings. The van der Waals surface area contributed by atoms with Crippen molar-refractivity contribution in [1.82, 2.24) is 5.32 Å². The molecule has 0 saturated carbocycles. The number of nitrogens with one attached hydrogen (secondary N) is 1. The van der Waals surface area contributed by atoms with E-state index in [-0.39, 0.29) is 16.5 Å². The first kappa shape index (κ1) is 23.2. The van der Waals surface area contributed by atoms with E-state index >= 15 is 0 Å². The van der Waals surface area contributed by atoms with Crippen molar-refractivity contribution < 1.29 is 50.6 Å². The number of hydrogen-bond donors (Lipinski definition) is 5. The number of hydrogen-bond acceptors (Lipinski definition) is 5. The number of carbonyl (C=O) groups excluding carboxylic acids is 1. The molecule has 0 radical (unpaired) electrons. The lowest BCUT2D eigenvalue weighted by Gasteiger charge is -2.28. The van der Waals surface area contributed by atoms with Crippen molar-refractivity contribution in [2.75, 3.05) is 0 Å². The van der Waals surface area contributed by atoms with E-state index in [2.05, 4.69) is 0 Å².